The maximum absolute atomic E-state index is 13.4. The number of nitrogens with two attached hydrogens (primary N) is 1. The van der Waals surface area contributed by atoms with Gasteiger partial charge in [0.1, 0.15) is 5.82 Å². The standard InChI is InChI=1S/C13H18FN3O2.ClH/c1-8(15)3-6-13(19)17-10-4-5-11(14)12(7-10)16-9(2)18;/h4-5,7-8H,3,6,15H2,1-2H3,(H,16,18)(H,17,19);1H. The number of carbonyl (C=O) groups excluding carboxylic acids is 2. The monoisotopic (exact) mass is 303 g/mol. The fourth-order valence-electron chi connectivity index (χ4n) is 1.47. The molecule has 20 heavy (non-hydrogen) atoms. The van der Waals surface area contributed by atoms with E-state index in [1.807, 2.05) is 6.92 Å². The SMILES string of the molecule is CC(=O)Nc1cc(NC(=O)CCC(C)N)ccc1F.Cl. The van der Waals surface area contributed by atoms with Crippen LogP contribution >= 0.6 is 12.4 Å². The molecular weight excluding hydrogens is 285 g/mol. The highest BCUT2D eigenvalue weighted by atomic mass is 35.5. The molecule has 0 saturated carbocycles. The third kappa shape index (κ3) is 6.49. The smallest absolute Gasteiger partial charge is 0.224 e. The number of hydrogen-bond donors (Lipinski definition) is 3. The van der Waals surface area contributed by atoms with Gasteiger partial charge in [0.25, 0.3) is 0 Å². The van der Waals surface area contributed by atoms with Gasteiger partial charge in [0.2, 0.25) is 11.8 Å². The lowest BCUT2D eigenvalue weighted by molar-refractivity contribution is -0.116. The van der Waals surface area contributed by atoms with E-state index >= 15 is 0 Å². The van der Waals surface area contributed by atoms with Crippen LogP contribution < -0.4 is 16.4 Å². The Balaban J connectivity index is 0.00000361. The van der Waals surface area contributed by atoms with Crippen LogP contribution in [0.4, 0.5) is 15.8 Å². The van der Waals surface area contributed by atoms with E-state index in [4.69, 9.17) is 5.73 Å². The highest BCUT2D eigenvalue weighted by Crippen LogP contribution is 2.19. The number of halogens is 2. The second-order valence-corrected chi connectivity index (χ2v) is 4.44. The fraction of sp³-hybridized carbons (Fsp3) is 0.385. The molecule has 1 aromatic rings. The molecule has 4 N–H and O–H groups in total. The van der Waals surface area contributed by atoms with Gasteiger partial charge in [0.15, 0.2) is 0 Å². The molecule has 2 amide bonds. The van der Waals surface area contributed by atoms with Crippen LogP contribution in [0.5, 0.6) is 0 Å². The predicted octanol–water partition coefficient (Wildman–Crippen LogP) is 2.27. The summed E-state index contributed by atoms with van der Waals surface area (Å²) in [7, 11) is 0. The Bertz CT molecular complexity index is 481. The Morgan fingerprint density at radius 1 is 1.35 bits per heavy atom. The summed E-state index contributed by atoms with van der Waals surface area (Å²) in [6.45, 7) is 3.10. The zero-order valence-electron chi connectivity index (χ0n) is 11.4. The van der Waals surface area contributed by atoms with Crippen LogP contribution in [0.25, 0.3) is 0 Å². The number of hydrogen-bond acceptors (Lipinski definition) is 3. The van der Waals surface area contributed by atoms with Gasteiger partial charge in [-0.2, -0.15) is 0 Å². The number of anilines is 2. The minimum absolute atomic E-state index is 0. The molecule has 0 aliphatic carbocycles. The molecule has 1 atom stereocenters. The van der Waals surface area contributed by atoms with Crippen molar-refractivity contribution in [3.63, 3.8) is 0 Å². The molecule has 0 aromatic heterocycles. The van der Waals surface area contributed by atoms with E-state index < -0.39 is 5.82 Å². The van der Waals surface area contributed by atoms with Gasteiger partial charge >= 0.3 is 0 Å². The van der Waals surface area contributed by atoms with E-state index in [0.717, 1.165) is 0 Å². The van der Waals surface area contributed by atoms with Crippen molar-refractivity contribution in [2.45, 2.75) is 32.7 Å². The van der Waals surface area contributed by atoms with E-state index in [9.17, 15) is 14.0 Å². The number of carbonyl (C=O) groups is 2. The molecule has 0 aliphatic heterocycles. The first kappa shape index (κ1) is 18.3. The van der Waals surface area contributed by atoms with Crippen LogP contribution in [-0.2, 0) is 9.59 Å². The molecule has 0 aliphatic rings. The van der Waals surface area contributed by atoms with Crippen molar-refractivity contribution in [2.75, 3.05) is 10.6 Å². The molecule has 1 aromatic carbocycles. The molecule has 5 nitrogen and oxygen atoms in total. The third-order valence-corrected chi connectivity index (χ3v) is 2.39. The molecule has 0 saturated heterocycles. The maximum atomic E-state index is 13.4. The lowest BCUT2D eigenvalue weighted by Crippen LogP contribution is -2.19. The van der Waals surface area contributed by atoms with Gasteiger partial charge in [0.05, 0.1) is 5.69 Å². The molecule has 7 heteroatoms. The van der Waals surface area contributed by atoms with Crippen molar-refractivity contribution in [3.05, 3.63) is 24.0 Å². The van der Waals surface area contributed by atoms with Crippen LogP contribution in [0.3, 0.4) is 0 Å². The number of rotatable bonds is 5. The largest absolute Gasteiger partial charge is 0.328 e. The Labute approximate surface area is 123 Å². The van der Waals surface area contributed by atoms with Gasteiger partial charge in [-0.3, -0.25) is 9.59 Å². The minimum atomic E-state index is -0.552. The summed E-state index contributed by atoms with van der Waals surface area (Å²) in [6, 6.07) is 3.95. The molecule has 0 spiro atoms. The first-order chi connectivity index (χ1) is 8.88. The van der Waals surface area contributed by atoms with Crippen molar-refractivity contribution in [2.24, 2.45) is 5.73 Å². The van der Waals surface area contributed by atoms with Gasteiger partial charge in [0, 0.05) is 25.1 Å². The zero-order chi connectivity index (χ0) is 14.4. The quantitative estimate of drug-likeness (QED) is 0.780. The Morgan fingerprint density at radius 2 is 2.00 bits per heavy atom. The Hall–Kier alpha value is -1.66. The average Bonchev–Trinajstić information content (AvgIpc) is 2.30. The van der Waals surface area contributed by atoms with Crippen molar-refractivity contribution in [3.8, 4) is 0 Å². The van der Waals surface area contributed by atoms with Crippen LogP contribution in [0.2, 0.25) is 0 Å². The van der Waals surface area contributed by atoms with E-state index in [1.54, 1.807) is 0 Å². The lowest BCUT2D eigenvalue weighted by atomic mass is 10.2. The summed E-state index contributed by atoms with van der Waals surface area (Å²) in [6.07, 6.45) is 0.871. The second-order valence-electron chi connectivity index (χ2n) is 4.44. The Morgan fingerprint density at radius 3 is 2.55 bits per heavy atom. The normalized spacial score (nSPS) is 11.2. The van der Waals surface area contributed by atoms with Gasteiger partial charge in [-0.15, -0.1) is 12.4 Å². The zero-order valence-corrected chi connectivity index (χ0v) is 12.2. The summed E-state index contributed by atoms with van der Waals surface area (Å²) in [5, 5.41) is 4.98. The van der Waals surface area contributed by atoms with Gasteiger partial charge < -0.3 is 16.4 Å². The van der Waals surface area contributed by atoms with E-state index in [-0.39, 0.29) is 36.0 Å². The molecule has 112 valence electrons. The minimum Gasteiger partial charge on any atom is -0.328 e. The molecule has 1 rings (SSSR count). The summed E-state index contributed by atoms with van der Waals surface area (Å²) in [5.41, 5.74) is 6.03. The van der Waals surface area contributed by atoms with Gasteiger partial charge in [-0.1, -0.05) is 0 Å². The van der Waals surface area contributed by atoms with Crippen molar-refractivity contribution < 1.29 is 14.0 Å². The summed E-state index contributed by atoms with van der Waals surface area (Å²) in [4.78, 5) is 22.5. The van der Waals surface area contributed by atoms with Crippen LogP contribution in [0.15, 0.2) is 18.2 Å². The van der Waals surface area contributed by atoms with Crippen molar-refractivity contribution in [1.29, 1.82) is 0 Å². The molecule has 1 unspecified atom stereocenters. The lowest BCUT2D eigenvalue weighted by Gasteiger charge is -2.09. The molecule has 0 bridgehead atoms. The highest BCUT2D eigenvalue weighted by Gasteiger charge is 2.08. The third-order valence-electron chi connectivity index (χ3n) is 2.39. The van der Waals surface area contributed by atoms with Crippen LogP contribution in [-0.4, -0.2) is 17.9 Å². The topological polar surface area (TPSA) is 84.2 Å². The number of nitrogens with one attached hydrogen (secondary N) is 2. The van der Waals surface area contributed by atoms with Crippen molar-refractivity contribution >= 4 is 35.6 Å². The molecule has 0 heterocycles. The van der Waals surface area contributed by atoms with Crippen molar-refractivity contribution in [1.82, 2.24) is 0 Å². The van der Waals surface area contributed by atoms with E-state index in [2.05, 4.69) is 10.6 Å². The summed E-state index contributed by atoms with van der Waals surface area (Å²) < 4.78 is 13.4. The van der Waals surface area contributed by atoms with E-state index in [1.165, 1.54) is 25.1 Å². The number of benzene rings is 1. The number of amides is 2. The van der Waals surface area contributed by atoms with Gasteiger partial charge in [-0.25, -0.2) is 4.39 Å². The van der Waals surface area contributed by atoms with Gasteiger partial charge in [-0.05, 0) is 31.5 Å². The first-order valence-corrected chi connectivity index (χ1v) is 6.01. The second kappa shape index (κ2) is 8.50. The van der Waals surface area contributed by atoms with E-state index in [0.29, 0.717) is 18.5 Å². The predicted molar refractivity (Wildman–Crippen MR) is 79.5 cm³/mol. The van der Waals surface area contributed by atoms with Crippen LogP contribution in [0, 0.1) is 5.82 Å². The summed E-state index contributed by atoms with van der Waals surface area (Å²) in [5.74, 6) is -1.12. The highest BCUT2D eigenvalue weighted by molar-refractivity contribution is 5.93. The first-order valence-electron chi connectivity index (χ1n) is 6.01. The fourth-order valence-corrected chi connectivity index (χ4v) is 1.47. The summed E-state index contributed by atoms with van der Waals surface area (Å²) >= 11 is 0. The maximum Gasteiger partial charge on any atom is 0.224 e. The Kier molecular flexibility index (Phi) is 7.79. The molecular formula is C13H19ClFN3O2. The van der Waals surface area contributed by atoms with Crippen LogP contribution in [0.1, 0.15) is 26.7 Å². The molecule has 0 radical (unpaired) electrons. The molecule has 0 fully saturated rings. The average molecular weight is 304 g/mol.